The normalized spacial score (nSPS) is 13.8. The van der Waals surface area contributed by atoms with Gasteiger partial charge in [0.15, 0.2) is 14.9 Å². The molecule has 0 aliphatic carbocycles. The first kappa shape index (κ1) is 19.1. The SMILES string of the molecule is CS(=O)(=O)c1cc(N2C=CC=C(c3ccnn3-c3cccc4ccccc34)N2)ccn1. The van der Waals surface area contributed by atoms with E-state index in [9.17, 15) is 8.42 Å². The largest absolute Gasteiger partial charge is 0.292 e. The summed E-state index contributed by atoms with van der Waals surface area (Å²) in [6.07, 6.45) is 10.1. The fourth-order valence-electron chi connectivity index (χ4n) is 3.57. The zero-order chi connectivity index (χ0) is 21.4. The van der Waals surface area contributed by atoms with E-state index in [1.165, 1.54) is 12.3 Å². The van der Waals surface area contributed by atoms with Gasteiger partial charge in [-0.25, -0.2) is 18.1 Å². The molecule has 0 radical (unpaired) electrons. The highest BCUT2D eigenvalue weighted by Gasteiger charge is 2.18. The minimum atomic E-state index is -3.40. The molecule has 154 valence electrons. The molecule has 7 nitrogen and oxygen atoms in total. The van der Waals surface area contributed by atoms with Crippen LogP contribution in [0.2, 0.25) is 0 Å². The molecule has 1 aliphatic heterocycles. The molecule has 0 unspecified atom stereocenters. The third-order valence-electron chi connectivity index (χ3n) is 5.03. The van der Waals surface area contributed by atoms with Gasteiger partial charge in [-0.1, -0.05) is 36.4 Å². The number of hydrazine groups is 1. The highest BCUT2D eigenvalue weighted by Crippen LogP contribution is 2.27. The molecule has 2 aromatic heterocycles. The highest BCUT2D eigenvalue weighted by molar-refractivity contribution is 7.90. The van der Waals surface area contributed by atoms with E-state index in [1.807, 2.05) is 53.4 Å². The van der Waals surface area contributed by atoms with E-state index >= 15 is 0 Å². The van der Waals surface area contributed by atoms with Crippen molar-refractivity contribution >= 4 is 32.0 Å². The van der Waals surface area contributed by atoms with Gasteiger partial charge in [-0.15, -0.1) is 0 Å². The molecular weight excluding hydrogens is 410 g/mol. The fraction of sp³-hybridized carbons (Fsp3) is 0.0435. The van der Waals surface area contributed by atoms with Gasteiger partial charge in [0.25, 0.3) is 0 Å². The van der Waals surface area contributed by atoms with Crippen LogP contribution in [0.4, 0.5) is 5.69 Å². The summed E-state index contributed by atoms with van der Waals surface area (Å²) in [6.45, 7) is 0. The number of allylic oxidation sites excluding steroid dienone is 2. The van der Waals surface area contributed by atoms with E-state index in [2.05, 4.69) is 33.7 Å². The van der Waals surface area contributed by atoms with Gasteiger partial charge in [-0.2, -0.15) is 5.10 Å². The monoisotopic (exact) mass is 429 g/mol. The highest BCUT2D eigenvalue weighted by atomic mass is 32.2. The molecule has 0 spiro atoms. The van der Waals surface area contributed by atoms with Crippen molar-refractivity contribution in [2.24, 2.45) is 0 Å². The Hall–Kier alpha value is -3.91. The van der Waals surface area contributed by atoms with Crippen molar-refractivity contribution in [3.8, 4) is 5.69 Å². The van der Waals surface area contributed by atoms with Crippen LogP contribution in [0, 0.1) is 0 Å². The number of rotatable bonds is 4. The molecule has 0 bridgehead atoms. The lowest BCUT2D eigenvalue weighted by Crippen LogP contribution is -2.34. The zero-order valence-corrected chi connectivity index (χ0v) is 17.5. The van der Waals surface area contributed by atoms with Gasteiger partial charge in [0.05, 0.1) is 29.0 Å². The first-order chi connectivity index (χ1) is 15.0. The molecule has 0 atom stereocenters. The maximum atomic E-state index is 11.9. The number of hydrogen-bond acceptors (Lipinski definition) is 6. The number of hydrogen-bond donors (Lipinski definition) is 1. The second kappa shape index (κ2) is 7.41. The summed E-state index contributed by atoms with van der Waals surface area (Å²) < 4.78 is 25.7. The molecule has 8 heteroatoms. The van der Waals surface area contributed by atoms with Crippen molar-refractivity contribution in [1.82, 2.24) is 20.2 Å². The van der Waals surface area contributed by atoms with Crippen molar-refractivity contribution in [1.29, 1.82) is 0 Å². The Balaban J connectivity index is 1.52. The first-order valence-electron chi connectivity index (χ1n) is 9.64. The summed E-state index contributed by atoms with van der Waals surface area (Å²) in [5.74, 6) is 0. The summed E-state index contributed by atoms with van der Waals surface area (Å²) >= 11 is 0. The van der Waals surface area contributed by atoms with Gasteiger partial charge in [0.1, 0.15) is 0 Å². The van der Waals surface area contributed by atoms with Gasteiger partial charge in [0, 0.05) is 30.1 Å². The fourth-order valence-corrected chi connectivity index (χ4v) is 4.15. The van der Waals surface area contributed by atoms with Crippen LogP contribution in [0.1, 0.15) is 5.69 Å². The Morgan fingerprint density at radius 2 is 1.81 bits per heavy atom. The third-order valence-corrected chi connectivity index (χ3v) is 6.01. The predicted molar refractivity (Wildman–Crippen MR) is 121 cm³/mol. The minimum Gasteiger partial charge on any atom is -0.292 e. The summed E-state index contributed by atoms with van der Waals surface area (Å²) in [7, 11) is -3.40. The smallest absolute Gasteiger partial charge is 0.192 e. The quantitative estimate of drug-likeness (QED) is 0.533. The summed E-state index contributed by atoms with van der Waals surface area (Å²) in [6, 6.07) is 19.5. The molecule has 1 aliphatic rings. The van der Waals surface area contributed by atoms with Crippen molar-refractivity contribution < 1.29 is 8.42 Å². The Morgan fingerprint density at radius 3 is 2.68 bits per heavy atom. The van der Waals surface area contributed by atoms with Gasteiger partial charge >= 0.3 is 0 Å². The molecule has 2 aromatic carbocycles. The molecule has 0 saturated carbocycles. The van der Waals surface area contributed by atoms with E-state index in [0.717, 1.165) is 34.1 Å². The molecule has 3 heterocycles. The molecule has 4 aromatic rings. The van der Waals surface area contributed by atoms with Crippen molar-refractivity contribution in [2.75, 3.05) is 11.3 Å². The average Bonchev–Trinajstić information content (AvgIpc) is 3.28. The lowest BCUT2D eigenvalue weighted by molar-refractivity contribution is 0.598. The molecule has 0 saturated heterocycles. The van der Waals surface area contributed by atoms with E-state index in [1.54, 1.807) is 17.3 Å². The maximum Gasteiger partial charge on any atom is 0.192 e. The number of aromatic nitrogens is 3. The van der Waals surface area contributed by atoms with Gasteiger partial charge in [0.2, 0.25) is 0 Å². The second-order valence-corrected chi connectivity index (χ2v) is 9.12. The van der Waals surface area contributed by atoms with Crippen LogP contribution in [0.25, 0.3) is 22.2 Å². The van der Waals surface area contributed by atoms with Crippen molar-refractivity contribution in [3.05, 3.63) is 97.1 Å². The van der Waals surface area contributed by atoms with Crippen LogP contribution in [-0.4, -0.2) is 29.4 Å². The van der Waals surface area contributed by atoms with Gasteiger partial charge < -0.3 is 0 Å². The van der Waals surface area contributed by atoms with Crippen LogP contribution in [-0.2, 0) is 9.84 Å². The van der Waals surface area contributed by atoms with E-state index in [0.29, 0.717) is 5.69 Å². The molecule has 5 rings (SSSR count). The second-order valence-electron chi connectivity index (χ2n) is 7.15. The Morgan fingerprint density at radius 1 is 0.968 bits per heavy atom. The first-order valence-corrected chi connectivity index (χ1v) is 11.5. The number of anilines is 1. The number of nitrogens with one attached hydrogen (secondary N) is 1. The van der Waals surface area contributed by atoms with Crippen molar-refractivity contribution in [2.45, 2.75) is 5.03 Å². The van der Waals surface area contributed by atoms with Gasteiger partial charge in [-0.3, -0.25) is 10.4 Å². The van der Waals surface area contributed by atoms with Crippen LogP contribution in [0.3, 0.4) is 0 Å². The van der Waals surface area contributed by atoms with Crippen LogP contribution >= 0.6 is 0 Å². The van der Waals surface area contributed by atoms with Crippen LogP contribution in [0.5, 0.6) is 0 Å². The zero-order valence-electron chi connectivity index (χ0n) is 16.7. The van der Waals surface area contributed by atoms with E-state index < -0.39 is 9.84 Å². The lowest BCUT2D eigenvalue weighted by atomic mass is 10.1. The Labute approximate surface area is 179 Å². The summed E-state index contributed by atoms with van der Waals surface area (Å²) in [4.78, 5) is 3.96. The number of fused-ring (bicyclic) bond motifs is 1. The predicted octanol–water partition coefficient (Wildman–Crippen LogP) is 3.70. The third kappa shape index (κ3) is 3.57. The summed E-state index contributed by atoms with van der Waals surface area (Å²) in [5.41, 5.74) is 6.67. The van der Waals surface area contributed by atoms with Crippen molar-refractivity contribution in [3.63, 3.8) is 0 Å². The minimum absolute atomic E-state index is 0.0251. The standard InChI is InChI=1S/C23H19N5O2S/c1-31(29,30)23-16-18(11-13-24-23)27-15-5-9-20(26-27)22-12-14-25-28(22)21-10-4-7-17-6-2-3-8-19(17)21/h2-16,26H,1H3. The van der Waals surface area contributed by atoms with Gasteiger partial charge in [-0.05, 0) is 35.7 Å². The van der Waals surface area contributed by atoms with Crippen LogP contribution in [0.15, 0.2) is 96.4 Å². The number of benzene rings is 2. The number of sulfone groups is 1. The molecule has 0 fully saturated rings. The lowest BCUT2D eigenvalue weighted by Gasteiger charge is -2.27. The number of pyridine rings is 1. The molecular formula is C23H19N5O2S. The van der Waals surface area contributed by atoms with E-state index in [4.69, 9.17) is 0 Å². The summed E-state index contributed by atoms with van der Waals surface area (Å²) in [5, 5.41) is 8.58. The number of nitrogens with zero attached hydrogens (tertiary/aromatic N) is 4. The molecule has 0 amide bonds. The Bertz CT molecular complexity index is 1450. The maximum absolute atomic E-state index is 11.9. The topological polar surface area (TPSA) is 80.1 Å². The van der Waals surface area contributed by atoms with Crippen LogP contribution < -0.4 is 10.4 Å². The van der Waals surface area contributed by atoms with E-state index in [-0.39, 0.29) is 5.03 Å². The Kier molecular flexibility index (Phi) is 4.56. The molecule has 1 N–H and O–H groups in total. The molecule has 31 heavy (non-hydrogen) atoms. The average molecular weight is 430 g/mol.